The van der Waals surface area contributed by atoms with E-state index in [0.29, 0.717) is 23.6 Å². The summed E-state index contributed by atoms with van der Waals surface area (Å²) in [5, 5.41) is 10.8. The van der Waals surface area contributed by atoms with Crippen molar-refractivity contribution < 1.29 is 14.1 Å². The van der Waals surface area contributed by atoms with Gasteiger partial charge in [0, 0.05) is 0 Å². The normalized spacial score (nSPS) is 11.0. The molecule has 128 valence electrons. The Morgan fingerprint density at radius 3 is 2.76 bits per heavy atom. The van der Waals surface area contributed by atoms with Crippen molar-refractivity contribution in [2.24, 2.45) is 0 Å². The summed E-state index contributed by atoms with van der Waals surface area (Å²) in [6.45, 7) is 1.78. The van der Waals surface area contributed by atoms with Crippen LogP contribution in [0.1, 0.15) is 22.6 Å². The lowest BCUT2D eigenvalue weighted by Crippen LogP contribution is -2.14. The van der Waals surface area contributed by atoms with Crippen LogP contribution in [0.4, 0.5) is 5.69 Å². The van der Waals surface area contributed by atoms with Gasteiger partial charge >= 0.3 is 0 Å². The smallest absolute Gasteiger partial charge is 0.228 e. The maximum Gasteiger partial charge on any atom is 0.228 e. The van der Waals surface area contributed by atoms with Crippen LogP contribution in [0, 0.1) is 6.92 Å². The van der Waals surface area contributed by atoms with Gasteiger partial charge in [-0.15, -0.1) is 0 Å². The Kier molecular flexibility index (Phi) is 5.30. The monoisotopic (exact) mass is 354 g/mol. The lowest BCUT2D eigenvalue weighted by molar-refractivity contribution is -0.115. The lowest BCUT2D eigenvalue weighted by atomic mass is 10.1. The molecule has 1 aromatic carbocycles. The molecule has 0 atom stereocenters. The van der Waals surface area contributed by atoms with Crippen molar-refractivity contribution >= 4 is 35.1 Å². The number of carbonyl (C=O) groups is 1. The first-order valence-electron chi connectivity index (χ1n) is 7.75. The van der Waals surface area contributed by atoms with E-state index in [1.54, 1.807) is 25.4 Å². The Bertz CT molecular complexity index is 865. The Morgan fingerprint density at radius 1 is 1.28 bits per heavy atom. The number of carbonyl (C=O) groups excluding carboxylic acids is 1. The molecule has 0 unspecified atom stereocenters. The van der Waals surface area contributed by atoms with E-state index in [-0.39, 0.29) is 5.91 Å². The molecule has 2 heterocycles. The van der Waals surface area contributed by atoms with Gasteiger partial charge in [0.25, 0.3) is 0 Å². The van der Waals surface area contributed by atoms with Crippen molar-refractivity contribution in [1.82, 2.24) is 5.16 Å². The van der Waals surface area contributed by atoms with Crippen LogP contribution < -0.4 is 10.1 Å². The van der Waals surface area contributed by atoms with Crippen molar-refractivity contribution in [1.29, 1.82) is 0 Å². The second kappa shape index (κ2) is 7.81. The van der Waals surface area contributed by atoms with Crippen LogP contribution in [0.2, 0.25) is 0 Å². The summed E-state index contributed by atoms with van der Waals surface area (Å²) in [6, 6.07) is 9.60. The fourth-order valence-corrected chi connectivity index (χ4v) is 2.98. The minimum absolute atomic E-state index is 0.0937. The van der Waals surface area contributed by atoms with E-state index in [9.17, 15) is 4.79 Å². The summed E-state index contributed by atoms with van der Waals surface area (Å²) in [7, 11) is 1.63. The zero-order valence-corrected chi connectivity index (χ0v) is 14.8. The van der Waals surface area contributed by atoms with Crippen LogP contribution in [-0.4, -0.2) is 18.2 Å². The molecule has 0 aliphatic rings. The predicted octanol–water partition coefficient (Wildman–Crippen LogP) is 4.40. The van der Waals surface area contributed by atoms with Gasteiger partial charge in [-0.1, -0.05) is 23.4 Å². The Labute approximate surface area is 149 Å². The molecule has 25 heavy (non-hydrogen) atoms. The molecule has 1 amide bonds. The zero-order chi connectivity index (χ0) is 17.6. The third kappa shape index (κ3) is 4.36. The Hall–Kier alpha value is -2.86. The van der Waals surface area contributed by atoms with Gasteiger partial charge in [0.15, 0.2) is 5.76 Å². The molecular weight excluding hydrogens is 336 g/mol. The van der Waals surface area contributed by atoms with Gasteiger partial charge in [-0.2, -0.15) is 11.3 Å². The minimum Gasteiger partial charge on any atom is -0.497 e. The van der Waals surface area contributed by atoms with E-state index in [1.165, 1.54) is 0 Å². The maximum absolute atomic E-state index is 12.2. The third-order valence-electron chi connectivity index (χ3n) is 3.65. The molecule has 1 N–H and O–H groups in total. The quantitative estimate of drug-likeness (QED) is 0.712. The molecule has 3 rings (SSSR count). The SMILES string of the molecule is COc1ccc(/C=C/c2noc(C)c2NC(=O)Cc2ccsc2)cc1. The van der Waals surface area contributed by atoms with Crippen LogP contribution in [0.5, 0.6) is 5.75 Å². The fraction of sp³-hybridized carbons (Fsp3) is 0.158. The van der Waals surface area contributed by atoms with Crippen molar-refractivity contribution in [3.63, 3.8) is 0 Å². The number of nitrogens with one attached hydrogen (secondary N) is 1. The van der Waals surface area contributed by atoms with Crippen LogP contribution in [0.25, 0.3) is 12.2 Å². The number of benzene rings is 1. The number of rotatable bonds is 6. The van der Waals surface area contributed by atoms with Gasteiger partial charge in [-0.3, -0.25) is 4.79 Å². The summed E-state index contributed by atoms with van der Waals surface area (Å²) in [5.74, 6) is 1.28. The third-order valence-corrected chi connectivity index (χ3v) is 4.38. The zero-order valence-electron chi connectivity index (χ0n) is 14.0. The number of hydrogen-bond donors (Lipinski definition) is 1. The number of amides is 1. The molecule has 0 aliphatic carbocycles. The van der Waals surface area contributed by atoms with E-state index in [0.717, 1.165) is 16.9 Å². The summed E-state index contributed by atoms with van der Waals surface area (Å²) in [6.07, 6.45) is 4.06. The molecule has 3 aromatic rings. The molecule has 0 aliphatic heterocycles. The highest BCUT2D eigenvalue weighted by Gasteiger charge is 2.14. The first-order chi connectivity index (χ1) is 12.2. The fourth-order valence-electron chi connectivity index (χ4n) is 2.31. The number of nitrogens with zero attached hydrogens (tertiary/aromatic N) is 1. The number of ether oxygens (including phenoxy) is 1. The van der Waals surface area contributed by atoms with Gasteiger partial charge < -0.3 is 14.6 Å². The molecule has 2 aromatic heterocycles. The highest BCUT2D eigenvalue weighted by molar-refractivity contribution is 7.08. The van der Waals surface area contributed by atoms with E-state index >= 15 is 0 Å². The molecule has 0 fully saturated rings. The average molecular weight is 354 g/mol. The Balaban J connectivity index is 1.72. The number of aromatic nitrogens is 1. The molecule has 5 nitrogen and oxygen atoms in total. The van der Waals surface area contributed by atoms with Gasteiger partial charge in [0.1, 0.15) is 17.1 Å². The van der Waals surface area contributed by atoms with E-state index in [4.69, 9.17) is 9.26 Å². The molecule has 0 radical (unpaired) electrons. The molecule has 0 bridgehead atoms. The Morgan fingerprint density at radius 2 is 2.08 bits per heavy atom. The van der Waals surface area contributed by atoms with Crippen molar-refractivity contribution in [3.8, 4) is 5.75 Å². The van der Waals surface area contributed by atoms with Gasteiger partial charge in [-0.05, 0) is 53.1 Å². The summed E-state index contributed by atoms with van der Waals surface area (Å²) in [5.41, 5.74) is 3.18. The van der Waals surface area contributed by atoms with Crippen LogP contribution in [-0.2, 0) is 11.2 Å². The largest absolute Gasteiger partial charge is 0.497 e. The standard InChI is InChI=1S/C19H18N2O3S/c1-13-19(20-18(22)11-15-9-10-25-12-15)17(21-24-13)8-5-14-3-6-16(23-2)7-4-14/h3-10,12H,11H2,1-2H3,(H,20,22)/b8-5+. The van der Waals surface area contributed by atoms with E-state index in [1.807, 2.05) is 53.2 Å². The van der Waals surface area contributed by atoms with E-state index in [2.05, 4.69) is 10.5 Å². The lowest BCUT2D eigenvalue weighted by Gasteiger charge is -2.03. The first kappa shape index (κ1) is 17.0. The molecular formula is C19H18N2O3S. The highest BCUT2D eigenvalue weighted by atomic mass is 32.1. The van der Waals surface area contributed by atoms with Gasteiger partial charge in [0.05, 0.1) is 13.5 Å². The van der Waals surface area contributed by atoms with Crippen LogP contribution >= 0.6 is 11.3 Å². The van der Waals surface area contributed by atoms with Crippen molar-refractivity contribution in [2.75, 3.05) is 12.4 Å². The van der Waals surface area contributed by atoms with Gasteiger partial charge in [-0.25, -0.2) is 0 Å². The number of methoxy groups -OCH3 is 1. The van der Waals surface area contributed by atoms with Crippen molar-refractivity contribution in [3.05, 3.63) is 63.7 Å². The number of hydrogen-bond acceptors (Lipinski definition) is 5. The van der Waals surface area contributed by atoms with Crippen LogP contribution in [0.15, 0.2) is 45.6 Å². The molecule has 0 saturated heterocycles. The topological polar surface area (TPSA) is 64.4 Å². The maximum atomic E-state index is 12.2. The molecule has 6 heteroatoms. The first-order valence-corrected chi connectivity index (χ1v) is 8.69. The summed E-state index contributed by atoms with van der Waals surface area (Å²) in [4.78, 5) is 12.2. The molecule has 0 spiro atoms. The second-order valence-corrected chi connectivity index (χ2v) is 6.24. The van der Waals surface area contributed by atoms with Gasteiger partial charge in [0.2, 0.25) is 5.91 Å². The highest BCUT2D eigenvalue weighted by Crippen LogP contribution is 2.23. The van der Waals surface area contributed by atoms with E-state index < -0.39 is 0 Å². The number of anilines is 1. The summed E-state index contributed by atoms with van der Waals surface area (Å²) >= 11 is 1.57. The van der Waals surface area contributed by atoms with Crippen LogP contribution in [0.3, 0.4) is 0 Å². The minimum atomic E-state index is -0.0937. The average Bonchev–Trinajstić information content (AvgIpc) is 3.24. The molecule has 0 saturated carbocycles. The second-order valence-electron chi connectivity index (χ2n) is 5.46. The predicted molar refractivity (Wildman–Crippen MR) is 99.8 cm³/mol. The van der Waals surface area contributed by atoms with Crippen molar-refractivity contribution in [2.45, 2.75) is 13.3 Å². The number of thiophene rings is 1. The number of aryl methyl sites for hydroxylation is 1. The summed E-state index contributed by atoms with van der Waals surface area (Å²) < 4.78 is 10.4.